The van der Waals surface area contributed by atoms with Crippen LogP contribution >= 0.6 is 0 Å². The Morgan fingerprint density at radius 2 is 1.66 bits per heavy atom. The van der Waals surface area contributed by atoms with Gasteiger partial charge in [0, 0.05) is 17.8 Å². The van der Waals surface area contributed by atoms with E-state index >= 15 is 0 Å². The summed E-state index contributed by atoms with van der Waals surface area (Å²) in [5, 5.41) is 12.1. The second kappa shape index (κ2) is 8.79. The van der Waals surface area contributed by atoms with Crippen LogP contribution in [0.2, 0.25) is 0 Å². The summed E-state index contributed by atoms with van der Waals surface area (Å²) in [5.74, 6) is -0.0946. The first-order valence-electron chi connectivity index (χ1n) is 9.09. The summed E-state index contributed by atoms with van der Waals surface area (Å²) in [7, 11) is -3.73. The van der Waals surface area contributed by atoms with Gasteiger partial charge in [-0.3, -0.25) is 9.52 Å². The first-order valence-corrected chi connectivity index (χ1v) is 10.6. The lowest BCUT2D eigenvalue weighted by atomic mass is 10.1. The van der Waals surface area contributed by atoms with Gasteiger partial charge in [0.25, 0.3) is 15.9 Å². The molecule has 150 valence electrons. The second-order valence-electron chi connectivity index (χ2n) is 6.67. The molecule has 0 bridgehead atoms. The number of phenolic OH excluding ortho intramolecular Hbond substituents is 1. The molecule has 6 nitrogen and oxygen atoms in total. The summed E-state index contributed by atoms with van der Waals surface area (Å²) in [5.41, 5.74) is 2.63. The number of anilines is 1. The van der Waals surface area contributed by atoms with Crippen LogP contribution in [0.4, 0.5) is 5.69 Å². The van der Waals surface area contributed by atoms with Crippen LogP contribution in [-0.2, 0) is 16.4 Å². The molecule has 0 spiro atoms. The maximum absolute atomic E-state index is 12.5. The monoisotopic (exact) mass is 410 g/mol. The van der Waals surface area contributed by atoms with Crippen molar-refractivity contribution < 1.29 is 18.3 Å². The van der Waals surface area contributed by atoms with Gasteiger partial charge in [0.15, 0.2) is 0 Å². The predicted octanol–water partition coefficient (Wildman–Crippen LogP) is 3.47. The van der Waals surface area contributed by atoms with E-state index < -0.39 is 10.0 Å². The van der Waals surface area contributed by atoms with E-state index in [4.69, 9.17) is 0 Å². The van der Waals surface area contributed by atoms with Crippen LogP contribution in [0.25, 0.3) is 0 Å². The van der Waals surface area contributed by atoms with Gasteiger partial charge >= 0.3 is 0 Å². The van der Waals surface area contributed by atoms with Crippen LogP contribution in [-0.4, -0.2) is 26.0 Å². The Labute approximate surface area is 170 Å². The third-order valence-electron chi connectivity index (χ3n) is 4.34. The Morgan fingerprint density at radius 1 is 0.966 bits per heavy atom. The summed E-state index contributed by atoms with van der Waals surface area (Å²) in [6.07, 6.45) is 0.617. The number of aromatic hydroxyl groups is 1. The van der Waals surface area contributed by atoms with Crippen LogP contribution in [0.15, 0.2) is 77.7 Å². The summed E-state index contributed by atoms with van der Waals surface area (Å²) < 4.78 is 27.5. The van der Waals surface area contributed by atoms with Crippen LogP contribution in [0.3, 0.4) is 0 Å². The molecule has 0 fully saturated rings. The number of sulfonamides is 1. The molecular weight excluding hydrogens is 388 g/mol. The van der Waals surface area contributed by atoms with E-state index in [1.54, 1.807) is 54.6 Å². The fraction of sp³-hybridized carbons (Fsp3) is 0.136. The lowest BCUT2D eigenvalue weighted by Gasteiger charge is -2.10. The van der Waals surface area contributed by atoms with Gasteiger partial charge < -0.3 is 10.4 Å². The van der Waals surface area contributed by atoms with E-state index in [2.05, 4.69) is 10.0 Å². The summed E-state index contributed by atoms with van der Waals surface area (Å²) in [6, 6.07) is 19.7. The quantitative estimate of drug-likeness (QED) is 0.556. The van der Waals surface area contributed by atoms with Crippen molar-refractivity contribution in [2.24, 2.45) is 0 Å². The number of aryl methyl sites for hydroxylation is 1. The van der Waals surface area contributed by atoms with Crippen molar-refractivity contribution in [3.8, 4) is 5.75 Å². The molecule has 0 aromatic heterocycles. The van der Waals surface area contributed by atoms with Gasteiger partial charge in [0.05, 0.1) is 4.90 Å². The molecular formula is C22H22N2O4S. The largest absolute Gasteiger partial charge is 0.508 e. The topological polar surface area (TPSA) is 95.5 Å². The van der Waals surface area contributed by atoms with Crippen molar-refractivity contribution >= 4 is 21.6 Å². The smallest absolute Gasteiger partial charge is 0.261 e. The fourth-order valence-electron chi connectivity index (χ4n) is 2.74. The summed E-state index contributed by atoms with van der Waals surface area (Å²) >= 11 is 0. The number of nitrogens with one attached hydrogen (secondary N) is 2. The van der Waals surface area contributed by atoms with Crippen molar-refractivity contribution in [2.75, 3.05) is 11.3 Å². The van der Waals surface area contributed by atoms with Crippen molar-refractivity contribution in [1.82, 2.24) is 5.32 Å². The highest BCUT2D eigenvalue weighted by Gasteiger charge is 2.15. The minimum Gasteiger partial charge on any atom is -0.508 e. The Bertz CT molecular complexity index is 1090. The molecule has 0 saturated heterocycles. The number of hydrogen-bond donors (Lipinski definition) is 3. The molecule has 0 unspecified atom stereocenters. The van der Waals surface area contributed by atoms with E-state index in [1.807, 2.05) is 6.92 Å². The van der Waals surface area contributed by atoms with Crippen molar-refractivity contribution in [1.29, 1.82) is 0 Å². The zero-order valence-electron chi connectivity index (χ0n) is 15.9. The van der Waals surface area contributed by atoms with Gasteiger partial charge in [-0.15, -0.1) is 0 Å². The molecule has 3 N–H and O–H groups in total. The number of carbonyl (C=O) groups excluding carboxylic acids is 1. The van der Waals surface area contributed by atoms with Gasteiger partial charge in [0.2, 0.25) is 0 Å². The fourth-order valence-corrected chi connectivity index (χ4v) is 3.79. The molecule has 0 aliphatic heterocycles. The molecule has 0 aliphatic rings. The van der Waals surface area contributed by atoms with Gasteiger partial charge in [0.1, 0.15) is 5.75 Å². The molecule has 0 atom stereocenters. The molecule has 3 aromatic rings. The highest BCUT2D eigenvalue weighted by molar-refractivity contribution is 7.92. The third kappa shape index (κ3) is 5.58. The Hall–Kier alpha value is -3.32. The van der Waals surface area contributed by atoms with Crippen molar-refractivity contribution in [3.63, 3.8) is 0 Å². The zero-order valence-corrected chi connectivity index (χ0v) is 16.7. The van der Waals surface area contributed by atoms with Gasteiger partial charge in [-0.1, -0.05) is 35.9 Å². The zero-order chi connectivity index (χ0) is 20.9. The number of hydrogen-bond acceptors (Lipinski definition) is 4. The van der Waals surface area contributed by atoms with E-state index in [0.29, 0.717) is 24.2 Å². The number of benzene rings is 3. The van der Waals surface area contributed by atoms with Crippen molar-refractivity contribution in [3.05, 3.63) is 89.5 Å². The molecule has 7 heteroatoms. The lowest BCUT2D eigenvalue weighted by Crippen LogP contribution is -2.25. The standard InChI is InChI=1S/C22H22N2O4S/c1-16-5-11-21(12-6-16)29(27,28)24-19-4-2-3-18(15-19)22(26)23-14-13-17-7-9-20(25)10-8-17/h2-12,15,24-25H,13-14H2,1H3,(H,23,26). The normalized spacial score (nSPS) is 11.1. The van der Waals surface area contributed by atoms with Crippen LogP contribution in [0, 0.1) is 6.92 Å². The lowest BCUT2D eigenvalue weighted by molar-refractivity contribution is 0.0954. The molecule has 0 aliphatic carbocycles. The van der Waals surface area contributed by atoms with Gasteiger partial charge in [-0.25, -0.2) is 8.42 Å². The summed E-state index contributed by atoms with van der Waals surface area (Å²) in [4.78, 5) is 12.5. The van der Waals surface area contributed by atoms with Gasteiger partial charge in [-0.05, 0) is 61.4 Å². The van der Waals surface area contributed by atoms with Crippen LogP contribution < -0.4 is 10.0 Å². The average molecular weight is 410 g/mol. The molecule has 0 radical (unpaired) electrons. The average Bonchev–Trinajstić information content (AvgIpc) is 2.69. The SMILES string of the molecule is Cc1ccc(S(=O)(=O)Nc2cccc(C(=O)NCCc3ccc(O)cc3)c2)cc1. The highest BCUT2D eigenvalue weighted by Crippen LogP contribution is 2.18. The number of rotatable bonds is 7. The molecule has 1 amide bonds. The van der Waals surface area contributed by atoms with E-state index in [0.717, 1.165) is 11.1 Å². The maximum atomic E-state index is 12.5. The molecule has 3 aromatic carbocycles. The van der Waals surface area contributed by atoms with Crippen LogP contribution in [0.5, 0.6) is 5.75 Å². The first kappa shape index (κ1) is 20.4. The van der Waals surface area contributed by atoms with Crippen LogP contribution in [0.1, 0.15) is 21.5 Å². The number of carbonyl (C=O) groups is 1. The second-order valence-corrected chi connectivity index (χ2v) is 8.35. The van der Waals surface area contributed by atoms with E-state index in [9.17, 15) is 18.3 Å². The van der Waals surface area contributed by atoms with Crippen molar-refractivity contribution in [2.45, 2.75) is 18.2 Å². The maximum Gasteiger partial charge on any atom is 0.261 e. The number of phenols is 1. The van der Waals surface area contributed by atoms with E-state index in [1.165, 1.54) is 18.2 Å². The first-order chi connectivity index (χ1) is 13.8. The predicted molar refractivity (Wildman–Crippen MR) is 113 cm³/mol. The molecule has 0 saturated carbocycles. The Balaban J connectivity index is 1.63. The minimum atomic E-state index is -3.73. The number of amides is 1. The Kier molecular flexibility index (Phi) is 6.19. The van der Waals surface area contributed by atoms with Gasteiger partial charge in [-0.2, -0.15) is 0 Å². The molecule has 0 heterocycles. The minimum absolute atomic E-state index is 0.159. The van der Waals surface area contributed by atoms with E-state index in [-0.39, 0.29) is 16.6 Å². The highest BCUT2D eigenvalue weighted by atomic mass is 32.2. The third-order valence-corrected chi connectivity index (χ3v) is 5.74. The molecule has 3 rings (SSSR count). The molecule has 29 heavy (non-hydrogen) atoms. The summed E-state index contributed by atoms with van der Waals surface area (Å²) in [6.45, 7) is 2.30. The Morgan fingerprint density at radius 3 is 2.34 bits per heavy atom.